The molecule has 7 heteroatoms. The Labute approximate surface area is 202 Å². The normalized spacial score (nSPS) is 11.0. The van der Waals surface area contributed by atoms with Gasteiger partial charge in [-0.15, -0.1) is 24.0 Å². The minimum Gasteiger partial charge on any atom is -0.496 e. The summed E-state index contributed by atoms with van der Waals surface area (Å²) in [5.41, 5.74) is 2.40. The molecule has 3 rings (SSSR count). The van der Waals surface area contributed by atoms with E-state index >= 15 is 0 Å². The number of aromatic nitrogens is 2. The molecule has 0 bridgehead atoms. The highest BCUT2D eigenvalue weighted by Crippen LogP contribution is 2.18. The monoisotopic (exact) mass is 533 g/mol. The Bertz CT molecular complexity index is 942. The first kappa shape index (κ1) is 24.7. The van der Waals surface area contributed by atoms with Crippen molar-refractivity contribution in [2.45, 2.75) is 26.4 Å². The molecule has 0 aliphatic heterocycles. The molecule has 2 aromatic carbocycles. The summed E-state index contributed by atoms with van der Waals surface area (Å²) in [6.45, 7) is 5.12. The Morgan fingerprint density at radius 2 is 1.87 bits per heavy atom. The quantitative estimate of drug-likeness (QED) is 0.255. The fourth-order valence-electron chi connectivity index (χ4n) is 3.39. The summed E-state index contributed by atoms with van der Waals surface area (Å²) in [7, 11) is 3.75. The van der Waals surface area contributed by atoms with Crippen molar-refractivity contribution in [2.75, 3.05) is 27.2 Å². The molecular formula is C24H32IN5O. The van der Waals surface area contributed by atoms with Gasteiger partial charge in [-0.3, -0.25) is 4.99 Å². The number of nitrogens with one attached hydrogen (secondary N) is 1. The zero-order valence-corrected chi connectivity index (χ0v) is 20.8. The maximum Gasteiger partial charge on any atom is 0.193 e. The van der Waals surface area contributed by atoms with Gasteiger partial charge in [-0.25, -0.2) is 4.98 Å². The Balaban J connectivity index is 0.00000341. The van der Waals surface area contributed by atoms with Crippen molar-refractivity contribution < 1.29 is 4.74 Å². The minimum absolute atomic E-state index is 0. The van der Waals surface area contributed by atoms with E-state index in [2.05, 4.69) is 57.0 Å². The number of para-hydroxylation sites is 1. The number of imidazole rings is 1. The van der Waals surface area contributed by atoms with Gasteiger partial charge in [-0.1, -0.05) is 48.5 Å². The molecule has 1 aromatic heterocycles. The molecule has 6 nitrogen and oxygen atoms in total. The summed E-state index contributed by atoms with van der Waals surface area (Å²) >= 11 is 0. The van der Waals surface area contributed by atoms with Crippen molar-refractivity contribution in [1.29, 1.82) is 0 Å². The van der Waals surface area contributed by atoms with Crippen LogP contribution in [0.5, 0.6) is 5.75 Å². The third kappa shape index (κ3) is 7.27. The number of hydrogen-bond donors (Lipinski definition) is 1. The van der Waals surface area contributed by atoms with Gasteiger partial charge in [-0.05, 0) is 18.6 Å². The molecule has 1 heterocycles. The third-order valence-corrected chi connectivity index (χ3v) is 4.89. The Kier molecular flexibility index (Phi) is 10.4. The van der Waals surface area contributed by atoms with Gasteiger partial charge >= 0.3 is 0 Å². The topological polar surface area (TPSA) is 54.7 Å². The first-order valence-electron chi connectivity index (χ1n) is 10.4. The van der Waals surface area contributed by atoms with Gasteiger partial charge in [-0.2, -0.15) is 0 Å². The lowest BCUT2D eigenvalue weighted by atomic mass is 10.2. The van der Waals surface area contributed by atoms with Crippen molar-refractivity contribution in [3.63, 3.8) is 0 Å². The van der Waals surface area contributed by atoms with Gasteiger partial charge in [0.05, 0.1) is 7.11 Å². The lowest BCUT2D eigenvalue weighted by Gasteiger charge is -2.23. The number of aliphatic imine (C=N–C) groups is 1. The van der Waals surface area contributed by atoms with E-state index in [1.165, 1.54) is 5.56 Å². The van der Waals surface area contributed by atoms with Crippen molar-refractivity contribution in [3.05, 3.63) is 83.9 Å². The zero-order chi connectivity index (χ0) is 21.2. The summed E-state index contributed by atoms with van der Waals surface area (Å²) in [6.07, 6.45) is 4.68. The average Bonchev–Trinajstić information content (AvgIpc) is 3.21. The van der Waals surface area contributed by atoms with E-state index in [1.807, 2.05) is 43.7 Å². The second kappa shape index (κ2) is 13.0. The van der Waals surface area contributed by atoms with Crippen LogP contribution in [0.1, 0.15) is 23.9 Å². The first-order valence-corrected chi connectivity index (χ1v) is 10.4. The van der Waals surface area contributed by atoms with E-state index in [0.29, 0.717) is 6.54 Å². The molecule has 0 fully saturated rings. The zero-order valence-electron chi connectivity index (χ0n) is 18.5. The molecule has 0 aliphatic carbocycles. The third-order valence-electron chi connectivity index (χ3n) is 4.89. The SMILES string of the molecule is CCNC(=NCCc1nccn1Cc1ccccc1)N(C)Cc1ccccc1OC.I. The predicted molar refractivity (Wildman–Crippen MR) is 137 cm³/mol. The number of halogens is 1. The van der Waals surface area contributed by atoms with Gasteiger partial charge in [0.1, 0.15) is 11.6 Å². The summed E-state index contributed by atoms with van der Waals surface area (Å²) in [4.78, 5) is 11.5. The van der Waals surface area contributed by atoms with Gasteiger partial charge < -0.3 is 19.5 Å². The molecule has 0 saturated carbocycles. The van der Waals surface area contributed by atoms with Crippen molar-refractivity contribution in [3.8, 4) is 5.75 Å². The highest BCUT2D eigenvalue weighted by molar-refractivity contribution is 14.0. The summed E-state index contributed by atoms with van der Waals surface area (Å²) < 4.78 is 7.67. The van der Waals surface area contributed by atoms with Gasteiger partial charge in [0.25, 0.3) is 0 Å². The number of ether oxygens (including phenoxy) is 1. The van der Waals surface area contributed by atoms with Crippen LogP contribution in [0.15, 0.2) is 72.0 Å². The van der Waals surface area contributed by atoms with Crippen molar-refractivity contribution in [2.24, 2.45) is 4.99 Å². The highest BCUT2D eigenvalue weighted by Gasteiger charge is 2.10. The summed E-state index contributed by atoms with van der Waals surface area (Å²) in [5, 5.41) is 3.38. The largest absolute Gasteiger partial charge is 0.496 e. The molecule has 0 spiro atoms. The van der Waals surface area contributed by atoms with E-state index in [-0.39, 0.29) is 24.0 Å². The molecule has 0 amide bonds. The molecule has 0 aliphatic rings. The van der Waals surface area contributed by atoms with Crippen LogP contribution in [-0.2, 0) is 19.5 Å². The number of rotatable bonds is 9. The molecule has 0 unspecified atom stereocenters. The molecule has 0 radical (unpaired) electrons. The molecule has 31 heavy (non-hydrogen) atoms. The van der Waals surface area contributed by atoms with Crippen molar-refractivity contribution >= 4 is 29.9 Å². The second-order valence-electron chi connectivity index (χ2n) is 7.11. The van der Waals surface area contributed by atoms with Crippen molar-refractivity contribution in [1.82, 2.24) is 19.8 Å². The minimum atomic E-state index is 0. The van der Waals surface area contributed by atoms with Crippen LogP contribution in [0.3, 0.4) is 0 Å². The molecule has 0 atom stereocenters. The number of methoxy groups -OCH3 is 1. The first-order chi connectivity index (χ1) is 14.7. The van der Waals surface area contributed by atoms with Crippen LogP contribution >= 0.6 is 24.0 Å². The van der Waals surface area contributed by atoms with E-state index < -0.39 is 0 Å². The van der Waals surface area contributed by atoms with Crippen LogP contribution in [0.25, 0.3) is 0 Å². The maximum absolute atomic E-state index is 5.48. The number of benzene rings is 2. The van der Waals surface area contributed by atoms with Crippen LogP contribution < -0.4 is 10.1 Å². The predicted octanol–water partition coefficient (Wildman–Crippen LogP) is 4.20. The molecule has 1 N–H and O–H groups in total. The van der Waals surface area contributed by atoms with Crippen LogP contribution in [0.2, 0.25) is 0 Å². The van der Waals surface area contributed by atoms with Gasteiger partial charge in [0.15, 0.2) is 5.96 Å². The van der Waals surface area contributed by atoms with Crippen LogP contribution in [0, 0.1) is 0 Å². The summed E-state index contributed by atoms with van der Waals surface area (Å²) in [5.74, 6) is 2.82. The van der Waals surface area contributed by atoms with Crippen LogP contribution in [-0.4, -0.2) is 47.7 Å². The Hall–Kier alpha value is -2.55. The lowest BCUT2D eigenvalue weighted by molar-refractivity contribution is 0.396. The van der Waals surface area contributed by atoms with Gasteiger partial charge in [0.2, 0.25) is 0 Å². The van der Waals surface area contributed by atoms with E-state index in [9.17, 15) is 0 Å². The van der Waals surface area contributed by atoms with Crippen LogP contribution in [0.4, 0.5) is 0 Å². The Morgan fingerprint density at radius 3 is 2.61 bits per heavy atom. The average molecular weight is 533 g/mol. The van der Waals surface area contributed by atoms with Gasteiger partial charge in [0, 0.05) is 57.6 Å². The number of hydrogen-bond acceptors (Lipinski definition) is 3. The Morgan fingerprint density at radius 1 is 1.13 bits per heavy atom. The standard InChI is InChI=1S/C24H31N5O.HI/c1-4-25-24(28(2)19-21-12-8-9-13-22(21)30-3)27-15-14-23-26-16-17-29(23)18-20-10-6-5-7-11-20;/h5-13,16-17H,4,14-15,18-19H2,1-3H3,(H,25,27);1H. The van der Waals surface area contributed by atoms with E-state index in [4.69, 9.17) is 9.73 Å². The second-order valence-corrected chi connectivity index (χ2v) is 7.11. The lowest BCUT2D eigenvalue weighted by Crippen LogP contribution is -2.38. The van der Waals surface area contributed by atoms with E-state index in [0.717, 1.165) is 49.2 Å². The molecule has 0 saturated heterocycles. The maximum atomic E-state index is 5.48. The molecular weight excluding hydrogens is 501 g/mol. The highest BCUT2D eigenvalue weighted by atomic mass is 127. The fourth-order valence-corrected chi connectivity index (χ4v) is 3.39. The van der Waals surface area contributed by atoms with E-state index in [1.54, 1.807) is 7.11 Å². The number of nitrogens with zero attached hydrogens (tertiary/aromatic N) is 4. The molecule has 3 aromatic rings. The summed E-state index contributed by atoms with van der Waals surface area (Å²) in [6, 6.07) is 18.5. The number of guanidine groups is 1. The molecule has 166 valence electrons. The fraction of sp³-hybridized carbons (Fsp3) is 0.333. The smallest absolute Gasteiger partial charge is 0.193 e.